The second-order valence-electron chi connectivity index (χ2n) is 5.02. The molecule has 0 spiro atoms. The van der Waals surface area contributed by atoms with Crippen LogP contribution in [0.4, 0.5) is 0 Å². The van der Waals surface area contributed by atoms with Gasteiger partial charge in [0.05, 0.1) is 10.0 Å². The molecule has 1 aliphatic rings. The van der Waals surface area contributed by atoms with E-state index in [1.807, 2.05) is 18.2 Å². The van der Waals surface area contributed by atoms with Gasteiger partial charge in [0.25, 0.3) is 0 Å². The van der Waals surface area contributed by atoms with Gasteiger partial charge in [-0.3, -0.25) is 4.90 Å². The zero-order chi connectivity index (χ0) is 13.1. The van der Waals surface area contributed by atoms with Crippen molar-refractivity contribution in [2.75, 3.05) is 19.7 Å². The lowest BCUT2D eigenvalue weighted by atomic mass is 9.94. The zero-order valence-electron chi connectivity index (χ0n) is 10.6. The van der Waals surface area contributed by atoms with Crippen LogP contribution in [0.15, 0.2) is 18.2 Å². The molecule has 1 aliphatic heterocycles. The van der Waals surface area contributed by atoms with Gasteiger partial charge in [-0.05, 0) is 49.5 Å². The van der Waals surface area contributed by atoms with Crippen molar-refractivity contribution in [3.63, 3.8) is 0 Å². The molecule has 1 aromatic rings. The minimum absolute atomic E-state index is 0.182. The first-order chi connectivity index (χ1) is 8.63. The van der Waals surface area contributed by atoms with Gasteiger partial charge in [0.15, 0.2) is 0 Å². The Morgan fingerprint density at radius 2 is 1.89 bits per heavy atom. The molecule has 1 aromatic carbocycles. The molecule has 0 bridgehead atoms. The topological polar surface area (TPSA) is 23.5 Å². The average Bonchev–Trinajstić information content (AvgIpc) is 2.87. The zero-order valence-corrected chi connectivity index (χ0v) is 12.1. The van der Waals surface area contributed by atoms with Crippen LogP contribution in [0.3, 0.4) is 0 Å². The van der Waals surface area contributed by atoms with Crippen LogP contribution >= 0.6 is 23.2 Å². The fraction of sp³-hybridized carbons (Fsp3) is 0.571. The summed E-state index contributed by atoms with van der Waals surface area (Å²) in [5.74, 6) is 0.195. The van der Waals surface area contributed by atoms with Gasteiger partial charge in [0.2, 0.25) is 0 Å². The molecule has 2 rings (SSSR count). The van der Waals surface area contributed by atoms with E-state index >= 15 is 0 Å². The molecule has 2 nitrogen and oxygen atoms in total. The monoisotopic (exact) mass is 287 g/mol. The predicted octanol–water partition coefficient (Wildman–Crippen LogP) is 3.76. The Kier molecular flexibility index (Phi) is 4.91. The summed E-state index contributed by atoms with van der Waals surface area (Å²) >= 11 is 12.1. The maximum absolute atomic E-state index is 9.47. The normalized spacial score (nSPS) is 20.0. The van der Waals surface area contributed by atoms with Crippen molar-refractivity contribution < 1.29 is 5.11 Å². The van der Waals surface area contributed by atoms with E-state index in [0.717, 1.165) is 18.7 Å². The molecule has 2 atom stereocenters. The summed E-state index contributed by atoms with van der Waals surface area (Å²) in [6.45, 7) is 4.44. The van der Waals surface area contributed by atoms with Crippen LogP contribution in [0.2, 0.25) is 10.0 Å². The number of nitrogens with zero attached hydrogens (tertiary/aromatic N) is 1. The number of likely N-dealkylation sites (tertiary alicyclic amines) is 1. The lowest BCUT2D eigenvalue weighted by Gasteiger charge is -2.32. The second kappa shape index (κ2) is 6.25. The van der Waals surface area contributed by atoms with E-state index in [1.165, 1.54) is 12.8 Å². The van der Waals surface area contributed by atoms with Crippen molar-refractivity contribution in [1.82, 2.24) is 4.90 Å². The van der Waals surface area contributed by atoms with E-state index in [4.69, 9.17) is 23.2 Å². The Labute approximate surface area is 119 Å². The molecule has 0 aliphatic carbocycles. The molecule has 0 aromatic heterocycles. The number of hydrogen-bond acceptors (Lipinski definition) is 2. The summed E-state index contributed by atoms with van der Waals surface area (Å²) in [7, 11) is 0. The van der Waals surface area contributed by atoms with E-state index in [-0.39, 0.29) is 18.6 Å². The molecular formula is C14H19Cl2NO. The number of aliphatic hydroxyl groups is 1. The fourth-order valence-corrected chi connectivity index (χ4v) is 3.02. The number of hydrogen-bond donors (Lipinski definition) is 1. The van der Waals surface area contributed by atoms with Gasteiger partial charge < -0.3 is 5.11 Å². The molecule has 1 heterocycles. The van der Waals surface area contributed by atoms with E-state index in [2.05, 4.69) is 11.8 Å². The minimum Gasteiger partial charge on any atom is -0.396 e. The van der Waals surface area contributed by atoms with Crippen molar-refractivity contribution in [3.8, 4) is 0 Å². The van der Waals surface area contributed by atoms with Crippen LogP contribution < -0.4 is 0 Å². The highest BCUT2D eigenvalue weighted by Crippen LogP contribution is 2.34. The van der Waals surface area contributed by atoms with Crippen molar-refractivity contribution >= 4 is 23.2 Å². The molecule has 18 heavy (non-hydrogen) atoms. The summed E-state index contributed by atoms with van der Waals surface area (Å²) in [5, 5.41) is 10.6. The summed E-state index contributed by atoms with van der Waals surface area (Å²) in [4.78, 5) is 2.43. The lowest BCUT2D eigenvalue weighted by Crippen LogP contribution is -2.31. The van der Waals surface area contributed by atoms with Crippen LogP contribution in [0.25, 0.3) is 0 Å². The Hall–Kier alpha value is -0.280. The third-order valence-electron chi connectivity index (χ3n) is 3.65. The first kappa shape index (κ1) is 14.1. The maximum Gasteiger partial charge on any atom is 0.0595 e. The van der Waals surface area contributed by atoms with Gasteiger partial charge in [-0.2, -0.15) is 0 Å². The molecule has 0 radical (unpaired) electrons. The Bertz CT molecular complexity index is 405. The fourth-order valence-electron chi connectivity index (χ4n) is 2.72. The molecule has 1 N–H and O–H groups in total. The third-order valence-corrected chi connectivity index (χ3v) is 4.39. The number of aliphatic hydroxyl groups excluding tert-OH is 1. The second-order valence-corrected chi connectivity index (χ2v) is 5.84. The SMILES string of the molecule is CC(CO)C(c1ccc(Cl)c(Cl)c1)N1CCCC1. The maximum atomic E-state index is 9.47. The van der Waals surface area contributed by atoms with Crippen molar-refractivity contribution in [3.05, 3.63) is 33.8 Å². The largest absolute Gasteiger partial charge is 0.396 e. The smallest absolute Gasteiger partial charge is 0.0595 e. The standard InChI is InChI=1S/C14H19Cl2NO/c1-10(9-18)14(17-6-2-3-7-17)11-4-5-12(15)13(16)8-11/h4-5,8,10,14,18H,2-3,6-7,9H2,1H3. The van der Waals surface area contributed by atoms with E-state index in [1.54, 1.807) is 0 Å². The van der Waals surface area contributed by atoms with Crippen LogP contribution in [0.1, 0.15) is 31.4 Å². The Balaban J connectivity index is 2.29. The highest BCUT2D eigenvalue weighted by atomic mass is 35.5. The van der Waals surface area contributed by atoms with Crippen molar-refractivity contribution in [2.45, 2.75) is 25.8 Å². The van der Waals surface area contributed by atoms with E-state index < -0.39 is 0 Å². The first-order valence-electron chi connectivity index (χ1n) is 6.43. The van der Waals surface area contributed by atoms with Crippen LogP contribution in [-0.2, 0) is 0 Å². The summed E-state index contributed by atoms with van der Waals surface area (Å²) in [5.41, 5.74) is 1.15. The molecule has 100 valence electrons. The van der Waals surface area contributed by atoms with Crippen LogP contribution in [-0.4, -0.2) is 29.7 Å². The number of halogens is 2. The van der Waals surface area contributed by atoms with Crippen LogP contribution in [0, 0.1) is 5.92 Å². The molecule has 2 unspecified atom stereocenters. The van der Waals surface area contributed by atoms with Gasteiger partial charge in [0, 0.05) is 12.6 Å². The van der Waals surface area contributed by atoms with Gasteiger partial charge in [0.1, 0.15) is 0 Å². The lowest BCUT2D eigenvalue weighted by molar-refractivity contribution is 0.126. The third kappa shape index (κ3) is 3.00. The van der Waals surface area contributed by atoms with Gasteiger partial charge in [-0.25, -0.2) is 0 Å². The number of rotatable bonds is 4. The van der Waals surface area contributed by atoms with Crippen molar-refractivity contribution in [2.24, 2.45) is 5.92 Å². The molecule has 4 heteroatoms. The summed E-state index contributed by atoms with van der Waals surface area (Å²) < 4.78 is 0. The molecule has 1 saturated heterocycles. The molecule has 0 amide bonds. The molecule has 0 saturated carbocycles. The Morgan fingerprint density at radius 1 is 1.22 bits per heavy atom. The molecule has 1 fully saturated rings. The summed E-state index contributed by atoms with van der Waals surface area (Å²) in [6, 6.07) is 6.02. The minimum atomic E-state index is 0.182. The quantitative estimate of drug-likeness (QED) is 0.912. The Morgan fingerprint density at radius 3 is 2.44 bits per heavy atom. The highest BCUT2D eigenvalue weighted by molar-refractivity contribution is 6.42. The first-order valence-corrected chi connectivity index (χ1v) is 7.19. The van der Waals surface area contributed by atoms with E-state index in [9.17, 15) is 5.11 Å². The number of benzene rings is 1. The highest BCUT2D eigenvalue weighted by Gasteiger charge is 2.28. The van der Waals surface area contributed by atoms with Crippen LogP contribution in [0.5, 0.6) is 0 Å². The van der Waals surface area contributed by atoms with E-state index in [0.29, 0.717) is 10.0 Å². The van der Waals surface area contributed by atoms with Gasteiger partial charge in [-0.1, -0.05) is 36.2 Å². The predicted molar refractivity (Wildman–Crippen MR) is 76.3 cm³/mol. The van der Waals surface area contributed by atoms with Crippen molar-refractivity contribution in [1.29, 1.82) is 0 Å². The molecular weight excluding hydrogens is 269 g/mol. The summed E-state index contributed by atoms with van der Waals surface area (Å²) in [6.07, 6.45) is 2.46. The average molecular weight is 288 g/mol. The van der Waals surface area contributed by atoms with Gasteiger partial charge >= 0.3 is 0 Å². The van der Waals surface area contributed by atoms with Gasteiger partial charge in [-0.15, -0.1) is 0 Å².